The van der Waals surface area contributed by atoms with E-state index in [1.54, 1.807) is 0 Å². The average molecular weight is 180 g/mol. The summed E-state index contributed by atoms with van der Waals surface area (Å²) in [7, 11) is 0. The highest BCUT2D eigenvalue weighted by Gasteiger charge is 2.34. The molecule has 0 saturated heterocycles. The van der Waals surface area contributed by atoms with E-state index in [-0.39, 0.29) is 0 Å². The fraction of sp³-hybridized carbons (Fsp3) is 0.636. The largest absolute Gasteiger partial charge is 0.495 e. The Kier molecular flexibility index (Phi) is 2.16. The molecule has 1 heterocycles. The molecule has 0 bridgehead atoms. The van der Waals surface area contributed by atoms with Crippen LogP contribution in [-0.4, -0.2) is 17.3 Å². The van der Waals surface area contributed by atoms with Crippen molar-refractivity contribution < 1.29 is 9.84 Å². The molecular formula is C11H16O2. The summed E-state index contributed by atoms with van der Waals surface area (Å²) in [5.74, 6) is 1.35. The lowest BCUT2D eigenvalue weighted by Gasteiger charge is -2.30. The fourth-order valence-corrected chi connectivity index (χ4v) is 1.88. The van der Waals surface area contributed by atoms with Crippen molar-refractivity contribution in [2.45, 2.75) is 31.8 Å². The van der Waals surface area contributed by atoms with Gasteiger partial charge in [-0.1, -0.05) is 13.0 Å². The Balaban J connectivity index is 2.16. The molecule has 0 aromatic carbocycles. The summed E-state index contributed by atoms with van der Waals surface area (Å²) < 4.78 is 5.39. The predicted octanol–water partition coefficient (Wildman–Crippen LogP) is 2.01. The van der Waals surface area contributed by atoms with Crippen LogP contribution in [0.4, 0.5) is 0 Å². The summed E-state index contributed by atoms with van der Waals surface area (Å²) in [6, 6.07) is 0. The van der Waals surface area contributed by atoms with Gasteiger partial charge >= 0.3 is 0 Å². The smallest absolute Gasteiger partial charge is 0.139 e. The Morgan fingerprint density at radius 3 is 3.00 bits per heavy atom. The fourth-order valence-electron chi connectivity index (χ4n) is 1.88. The second-order valence-electron chi connectivity index (χ2n) is 4.00. The summed E-state index contributed by atoms with van der Waals surface area (Å²) in [6.45, 7) is 2.89. The Morgan fingerprint density at radius 2 is 2.46 bits per heavy atom. The molecule has 0 amide bonds. The third-order valence-corrected chi connectivity index (χ3v) is 2.81. The van der Waals surface area contributed by atoms with Crippen LogP contribution in [0.1, 0.15) is 26.2 Å². The SMILES string of the molecule is CC1C=CC(O)(C2=CCCO2)CC1. The van der Waals surface area contributed by atoms with Crippen LogP contribution >= 0.6 is 0 Å². The van der Waals surface area contributed by atoms with Gasteiger partial charge in [-0.2, -0.15) is 0 Å². The Bertz CT molecular complexity index is 255. The summed E-state index contributed by atoms with van der Waals surface area (Å²) in [5, 5.41) is 10.2. The molecule has 0 aromatic heterocycles. The highest BCUT2D eigenvalue weighted by Crippen LogP contribution is 2.34. The molecule has 2 nitrogen and oxygen atoms in total. The predicted molar refractivity (Wildman–Crippen MR) is 51.1 cm³/mol. The van der Waals surface area contributed by atoms with Crippen LogP contribution in [0, 0.1) is 5.92 Å². The Hall–Kier alpha value is -0.760. The molecule has 0 spiro atoms. The molecule has 0 fully saturated rings. The first kappa shape index (κ1) is 8.82. The van der Waals surface area contributed by atoms with Crippen LogP contribution in [-0.2, 0) is 4.74 Å². The van der Waals surface area contributed by atoms with Crippen LogP contribution in [0.5, 0.6) is 0 Å². The third-order valence-electron chi connectivity index (χ3n) is 2.81. The van der Waals surface area contributed by atoms with E-state index in [1.807, 2.05) is 12.2 Å². The van der Waals surface area contributed by atoms with Gasteiger partial charge in [0.05, 0.1) is 6.61 Å². The van der Waals surface area contributed by atoms with Gasteiger partial charge < -0.3 is 9.84 Å². The maximum atomic E-state index is 10.2. The van der Waals surface area contributed by atoms with Crippen molar-refractivity contribution in [2.75, 3.05) is 6.61 Å². The van der Waals surface area contributed by atoms with Crippen LogP contribution in [0.25, 0.3) is 0 Å². The minimum absolute atomic E-state index is 0.585. The van der Waals surface area contributed by atoms with Crippen molar-refractivity contribution in [3.8, 4) is 0 Å². The van der Waals surface area contributed by atoms with Crippen LogP contribution in [0.15, 0.2) is 24.0 Å². The number of allylic oxidation sites excluding steroid dienone is 1. The van der Waals surface area contributed by atoms with Crippen LogP contribution in [0.2, 0.25) is 0 Å². The molecule has 0 aromatic rings. The summed E-state index contributed by atoms with van der Waals surface area (Å²) in [5.41, 5.74) is -0.803. The van der Waals surface area contributed by atoms with Crippen molar-refractivity contribution in [3.63, 3.8) is 0 Å². The lowest BCUT2D eigenvalue weighted by atomic mass is 9.84. The molecular weight excluding hydrogens is 164 g/mol. The van der Waals surface area contributed by atoms with E-state index >= 15 is 0 Å². The first-order valence-electron chi connectivity index (χ1n) is 4.96. The van der Waals surface area contributed by atoms with Gasteiger partial charge in [0.15, 0.2) is 0 Å². The minimum atomic E-state index is -0.803. The summed E-state index contributed by atoms with van der Waals surface area (Å²) in [6.07, 6.45) is 8.72. The van der Waals surface area contributed by atoms with E-state index in [9.17, 15) is 5.11 Å². The van der Waals surface area contributed by atoms with E-state index in [2.05, 4.69) is 13.0 Å². The number of aliphatic hydroxyl groups is 1. The first-order chi connectivity index (χ1) is 6.21. The van der Waals surface area contributed by atoms with E-state index in [1.165, 1.54) is 0 Å². The van der Waals surface area contributed by atoms with Gasteiger partial charge in [0.1, 0.15) is 11.4 Å². The first-order valence-corrected chi connectivity index (χ1v) is 4.96. The zero-order valence-electron chi connectivity index (χ0n) is 7.99. The van der Waals surface area contributed by atoms with Gasteiger partial charge in [-0.15, -0.1) is 0 Å². The molecule has 0 radical (unpaired) electrons. The van der Waals surface area contributed by atoms with Gasteiger partial charge in [-0.25, -0.2) is 0 Å². The van der Waals surface area contributed by atoms with Crippen molar-refractivity contribution in [1.29, 1.82) is 0 Å². The van der Waals surface area contributed by atoms with Crippen molar-refractivity contribution in [2.24, 2.45) is 5.92 Å². The molecule has 1 aliphatic heterocycles. The zero-order valence-corrected chi connectivity index (χ0v) is 7.99. The van der Waals surface area contributed by atoms with Gasteiger partial charge in [0.25, 0.3) is 0 Å². The molecule has 1 N–H and O–H groups in total. The highest BCUT2D eigenvalue weighted by atomic mass is 16.5. The second kappa shape index (κ2) is 3.18. The zero-order chi connectivity index (χ0) is 9.31. The number of hydrogen-bond acceptors (Lipinski definition) is 2. The third kappa shape index (κ3) is 1.63. The molecule has 2 aliphatic rings. The van der Waals surface area contributed by atoms with Gasteiger partial charge in [0, 0.05) is 6.42 Å². The van der Waals surface area contributed by atoms with E-state index < -0.39 is 5.60 Å². The molecule has 1 aliphatic carbocycles. The maximum absolute atomic E-state index is 10.2. The lowest BCUT2D eigenvalue weighted by Crippen LogP contribution is -2.32. The molecule has 2 rings (SSSR count). The number of ether oxygens (including phenoxy) is 1. The minimum Gasteiger partial charge on any atom is -0.495 e. The summed E-state index contributed by atoms with van der Waals surface area (Å²) >= 11 is 0. The van der Waals surface area contributed by atoms with E-state index in [4.69, 9.17) is 4.74 Å². The Labute approximate surface area is 78.9 Å². The normalized spacial score (nSPS) is 38.6. The average Bonchev–Trinajstić information content (AvgIpc) is 2.63. The van der Waals surface area contributed by atoms with Gasteiger partial charge in [-0.3, -0.25) is 0 Å². The van der Waals surface area contributed by atoms with Crippen LogP contribution < -0.4 is 0 Å². The maximum Gasteiger partial charge on any atom is 0.139 e. The van der Waals surface area contributed by atoms with Crippen molar-refractivity contribution >= 4 is 0 Å². The van der Waals surface area contributed by atoms with Crippen molar-refractivity contribution in [3.05, 3.63) is 24.0 Å². The summed E-state index contributed by atoms with van der Waals surface area (Å²) in [4.78, 5) is 0. The standard InChI is InChI=1S/C11H16O2/c1-9-4-6-11(12,7-5-9)10-3-2-8-13-10/h3-4,6,9,12H,2,5,7-8H2,1H3. The molecule has 0 saturated carbocycles. The van der Waals surface area contributed by atoms with Gasteiger partial charge in [0.2, 0.25) is 0 Å². The highest BCUT2D eigenvalue weighted by molar-refractivity contribution is 5.24. The second-order valence-corrected chi connectivity index (χ2v) is 4.00. The van der Waals surface area contributed by atoms with Crippen molar-refractivity contribution in [1.82, 2.24) is 0 Å². The van der Waals surface area contributed by atoms with E-state index in [0.717, 1.165) is 31.6 Å². The topological polar surface area (TPSA) is 29.5 Å². The monoisotopic (exact) mass is 180 g/mol. The quantitative estimate of drug-likeness (QED) is 0.625. The molecule has 2 unspecified atom stereocenters. The number of rotatable bonds is 1. The molecule has 13 heavy (non-hydrogen) atoms. The molecule has 72 valence electrons. The van der Waals surface area contributed by atoms with Gasteiger partial charge in [-0.05, 0) is 30.9 Å². The number of hydrogen-bond donors (Lipinski definition) is 1. The lowest BCUT2D eigenvalue weighted by molar-refractivity contribution is 0.0432. The van der Waals surface area contributed by atoms with Crippen LogP contribution in [0.3, 0.4) is 0 Å². The molecule has 2 heteroatoms. The molecule has 2 atom stereocenters. The van der Waals surface area contributed by atoms with E-state index in [0.29, 0.717) is 5.92 Å². The Morgan fingerprint density at radius 1 is 1.62 bits per heavy atom.